The molecule has 0 saturated carbocycles. The second kappa shape index (κ2) is 13.5. The van der Waals surface area contributed by atoms with Crippen LogP contribution in [0.15, 0.2) is 24.5 Å². The molecule has 0 radical (unpaired) electrons. The molecule has 0 bridgehead atoms. The molecule has 8 nitrogen and oxygen atoms in total. The second-order valence-electron chi connectivity index (χ2n) is 8.21. The molecule has 0 aromatic carbocycles. The quantitative estimate of drug-likeness (QED) is 0.334. The van der Waals surface area contributed by atoms with E-state index in [1.54, 1.807) is 19.9 Å². The normalized spacial score (nSPS) is 14.9. The Balaban J connectivity index is 0.000000338. The van der Waals surface area contributed by atoms with Gasteiger partial charge < -0.3 is 9.47 Å². The number of hydrogen-bond donors (Lipinski definition) is 1. The Kier molecular flexibility index (Phi) is 10.4. The van der Waals surface area contributed by atoms with Crippen LogP contribution < -0.4 is 10.1 Å². The Morgan fingerprint density at radius 3 is 2.69 bits per heavy atom. The zero-order chi connectivity index (χ0) is 26.1. The highest BCUT2D eigenvalue weighted by molar-refractivity contribution is 7.15. The van der Waals surface area contributed by atoms with E-state index in [1.165, 1.54) is 49.3 Å². The number of alkyl halides is 2. The summed E-state index contributed by atoms with van der Waals surface area (Å²) >= 11 is 7.12. The van der Waals surface area contributed by atoms with Crippen LogP contribution in [-0.2, 0) is 4.74 Å². The summed E-state index contributed by atoms with van der Waals surface area (Å²) < 4.78 is 35.3. The number of nitrogens with one attached hydrogen (secondary N) is 1. The molecule has 3 aromatic heterocycles. The number of ether oxygens (including phenoxy) is 2. The summed E-state index contributed by atoms with van der Waals surface area (Å²) in [7, 11) is 0. The summed E-state index contributed by atoms with van der Waals surface area (Å²) in [6, 6.07) is 2.92. The average molecular weight is 540 g/mol. The van der Waals surface area contributed by atoms with E-state index in [-0.39, 0.29) is 22.0 Å². The SMILES string of the molecule is CCCCC1CCOC1.Cc1cc(-c2cc(Cl)ncc2OC(F)F)c(C(=O)Nc2nnc(C)s2)cn1. The molecule has 3 aromatic rings. The fraction of sp³-hybridized carbons (Fsp3) is 0.458. The number of carbonyl (C=O) groups is 1. The van der Waals surface area contributed by atoms with Gasteiger partial charge in [0.25, 0.3) is 5.91 Å². The third kappa shape index (κ3) is 8.14. The molecule has 1 fully saturated rings. The molecule has 1 amide bonds. The van der Waals surface area contributed by atoms with Crippen molar-refractivity contribution in [3.05, 3.63) is 45.9 Å². The summed E-state index contributed by atoms with van der Waals surface area (Å²) in [4.78, 5) is 20.6. The number of rotatable bonds is 8. The van der Waals surface area contributed by atoms with Crippen LogP contribution in [0.5, 0.6) is 5.75 Å². The lowest BCUT2D eigenvalue weighted by Gasteiger charge is -2.14. The van der Waals surface area contributed by atoms with Crippen molar-refractivity contribution in [1.82, 2.24) is 20.2 Å². The number of aryl methyl sites for hydroxylation is 2. The molecular formula is C24H28ClF2N5O3S. The van der Waals surface area contributed by atoms with Gasteiger partial charge in [-0.15, -0.1) is 10.2 Å². The minimum Gasteiger partial charge on any atom is -0.433 e. The van der Waals surface area contributed by atoms with Gasteiger partial charge >= 0.3 is 6.61 Å². The van der Waals surface area contributed by atoms with Gasteiger partial charge in [0, 0.05) is 36.2 Å². The zero-order valence-electron chi connectivity index (χ0n) is 20.3. The van der Waals surface area contributed by atoms with Crippen LogP contribution in [0.3, 0.4) is 0 Å². The van der Waals surface area contributed by atoms with Crippen molar-refractivity contribution in [2.75, 3.05) is 18.5 Å². The van der Waals surface area contributed by atoms with Gasteiger partial charge in [-0.2, -0.15) is 8.78 Å². The number of unbranched alkanes of at least 4 members (excludes halogenated alkanes) is 1. The highest BCUT2D eigenvalue weighted by Gasteiger charge is 2.21. The fourth-order valence-electron chi connectivity index (χ4n) is 3.60. The molecule has 4 rings (SSSR count). The summed E-state index contributed by atoms with van der Waals surface area (Å²) in [5, 5.41) is 11.3. The number of nitrogens with zero attached hydrogens (tertiary/aromatic N) is 4. The molecular weight excluding hydrogens is 512 g/mol. The first kappa shape index (κ1) is 27.8. The van der Waals surface area contributed by atoms with Crippen LogP contribution in [0.1, 0.15) is 53.7 Å². The van der Waals surface area contributed by atoms with Gasteiger partial charge in [-0.05, 0) is 44.7 Å². The zero-order valence-corrected chi connectivity index (χ0v) is 21.8. The minimum atomic E-state index is -3.06. The summed E-state index contributed by atoms with van der Waals surface area (Å²) in [5.41, 5.74) is 1.22. The Labute approximate surface area is 217 Å². The minimum absolute atomic E-state index is 0.0622. The predicted octanol–water partition coefficient (Wildman–Crippen LogP) is 6.33. The van der Waals surface area contributed by atoms with E-state index < -0.39 is 12.5 Å². The molecule has 194 valence electrons. The number of hydrogen-bond acceptors (Lipinski definition) is 8. The Hall–Kier alpha value is -2.76. The summed E-state index contributed by atoms with van der Waals surface area (Å²) in [6.45, 7) is 4.68. The lowest BCUT2D eigenvalue weighted by Crippen LogP contribution is -2.14. The van der Waals surface area contributed by atoms with Gasteiger partial charge in [0.05, 0.1) is 11.8 Å². The number of amides is 1. The van der Waals surface area contributed by atoms with Gasteiger partial charge in [0.1, 0.15) is 10.2 Å². The smallest absolute Gasteiger partial charge is 0.387 e. The maximum Gasteiger partial charge on any atom is 0.387 e. The first-order valence-electron chi connectivity index (χ1n) is 11.5. The van der Waals surface area contributed by atoms with Crippen LogP contribution in [0.25, 0.3) is 11.1 Å². The van der Waals surface area contributed by atoms with Crippen molar-refractivity contribution in [1.29, 1.82) is 0 Å². The van der Waals surface area contributed by atoms with E-state index in [4.69, 9.17) is 16.3 Å². The van der Waals surface area contributed by atoms with E-state index in [9.17, 15) is 13.6 Å². The van der Waals surface area contributed by atoms with Gasteiger partial charge in [-0.25, -0.2) is 4.98 Å². The summed E-state index contributed by atoms with van der Waals surface area (Å²) in [5.74, 6) is 0.162. The Morgan fingerprint density at radius 1 is 1.25 bits per heavy atom. The number of aromatic nitrogens is 4. The highest BCUT2D eigenvalue weighted by Crippen LogP contribution is 2.35. The predicted molar refractivity (Wildman–Crippen MR) is 135 cm³/mol. The third-order valence-corrected chi connectivity index (χ3v) is 6.32. The largest absolute Gasteiger partial charge is 0.433 e. The third-order valence-electron chi connectivity index (χ3n) is 5.36. The molecule has 0 aliphatic carbocycles. The van der Waals surface area contributed by atoms with E-state index >= 15 is 0 Å². The molecule has 1 atom stereocenters. The molecule has 1 saturated heterocycles. The van der Waals surface area contributed by atoms with Crippen LogP contribution >= 0.6 is 22.9 Å². The first-order chi connectivity index (χ1) is 17.3. The molecule has 36 heavy (non-hydrogen) atoms. The highest BCUT2D eigenvalue weighted by atomic mass is 35.5. The van der Waals surface area contributed by atoms with Crippen molar-refractivity contribution < 1.29 is 23.0 Å². The van der Waals surface area contributed by atoms with Gasteiger partial charge in [0.15, 0.2) is 5.75 Å². The number of halogens is 3. The standard InChI is InChI=1S/C16H12ClF2N5O2S.C8H16O/c1-7-3-9(10-4-13(17)21-6-12(10)26-15(18)19)11(5-20-7)14(25)22-16-24-23-8(2)27-16;1-2-3-4-8-5-6-9-7-8/h3-6,15H,1-2H3,(H,22,24,25);8H,2-7H2,1H3. The lowest BCUT2D eigenvalue weighted by molar-refractivity contribution is -0.0496. The first-order valence-corrected chi connectivity index (χ1v) is 12.7. The van der Waals surface area contributed by atoms with Gasteiger partial charge in [-0.1, -0.05) is 42.7 Å². The number of carbonyl (C=O) groups excluding carboxylic acids is 1. The molecule has 4 heterocycles. The molecule has 1 aliphatic heterocycles. The maximum atomic E-state index is 12.8. The molecule has 1 N–H and O–H groups in total. The van der Waals surface area contributed by atoms with Gasteiger partial charge in [0.2, 0.25) is 5.13 Å². The van der Waals surface area contributed by atoms with Crippen LogP contribution in [0.4, 0.5) is 13.9 Å². The number of pyridine rings is 2. The molecule has 12 heteroatoms. The Bertz CT molecular complexity index is 1160. The van der Waals surface area contributed by atoms with Crippen molar-refractivity contribution >= 4 is 34.0 Å². The van der Waals surface area contributed by atoms with Crippen molar-refractivity contribution in [3.63, 3.8) is 0 Å². The van der Waals surface area contributed by atoms with E-state index in [2.05, 4.69) is 37.1 Å². The van der Waals surface area contributed by atoms with Crippen molar-refractivity contribution in [2.45, 2.75) is 53.1 Å². The molecule has 0 spiro atoms. The second-order valence-corrected chi connectivity index (χ2v) is 9.77. The topological polar surface area (TPSA) is 99.1 Å². The lowest BCUT2D eigenvalue weighted by atomic mass is 10.0. The molecule has 1 unspecified atom stereocenters. The Morgan fingerprint density at radius 2 is 2.06 bits per heavy atom. The van der Waals surface area contributed by atoms with Crippen LogP contribution in [0.2, 0.25) is 5.15 Å². The van der Waals surface area contributed by atoms with Gasteiger partial charge in [-0.3, -0.25) is 15.1 Å². The average Bonchev–Trinajstić information content (AvgIpc) is 3.50. The monoisotopic (exact) mass is 539 g/mol. The summed E-state index contributed by atoms with van der Waals surface area (Å²) in [6.07, 6.45) is 7.82. The number of anilines is 1. The van der Waals surface area contributed by atoms with Crippen molar-refractivity contribution in [2.24, 2.45) is 5.92 Å². The molecule has 1 aliphatic rings. The van der Waals surface area contributed by atoms with E-state index in [0.29, 0.717) is 21.4 Å². The maximum absolute atomic E-state index is 12.8. The fourth-order valence-corrected chi connectivity index (χ4v) is 4.34. The van der Waals surface area contributed by atoms with Crippen molar-refractivity contribution in [3.8, 4) is 16.9 Å². The van der Waals surface area contributed by atoms with Crippen LogP contribution in [0, 0.1) is 19.8 Å². The van der Waals surface area contributed by atoms with E-state index in [0.717, 1.165) is 25.3 Å². The van der Waals surface area contributed by atoms with Crippen LogP contribution in [-0.4, -0.2) is 45.9 Å². The van der Waals surface area contributed by atoms with E-state index in [1.807, 2.05) is 0 Å².